The number of hydrogen-bond donors (Lipinski definition) is 3. The molecule has 2 aromatic carbocycles. The molecule has 174 valence electrons. The quantitative estimate of drug-likeness (QED) is 0.436. The van der Waals surface area contributed by atoms with Crippen molar-refractivity contribution >= 4 is 53.2 Å². The Kier molecular flexibility index (Phi) is 9.14. The van der Waals surface area contributed by atoms with Crippen LogP contribution in [0.15, 0.2) is 48.7 Å². The number of carboxylic acids is 1. The first-order valence-corrected chi connectivity index (χ1v) is 10.2. The third-order valence-electron chi connectivity index (χ3n) is 5.52. The van der Waals surface area contributed by atoms with Gasteiger partial charge in [0.2, 0.25) is 0 Å². The molecule has 0 fully saturated rings. The molecular weight excluding hydrogens is 452 g/mol. The number of rotatable bonds is 6. The normalized spacial score (nSPS) is 16.0. The third-order valence-corrected chi connectivity index (χ3v) is 5.52. The molecule has 2 unspecified atom stereocenters. The molecule has 0 aromatic heterocycles. The monoisotopic (exact) mass is 477 g/mol. The van der Waals surface area contributed by atoms with E-state index in [-0.39, 0.29) is 35.1 Å². The Morgan fingerprint density at radius 2 is 1.82 bits per heavy atom. The summed E-state index contributed by atoms with van der Waals surface area (Å²) in [5.74, 6) is -3.03. The minimum absolute atomic E-state index is 0. The number of aliphatic carboxylic acids is 1. The number of urea groups is 1. The Morgan fingerprint density at radius 3 is 2.47 bits per heavy atom. The fraction of sp³-hybridized carbons (Fsp3) is 0.250. The molecule has 2 aromatic rings. The molecule has 0 aliphatic carbocycles. The summed E-state index contributed by atoms with van der Waals surface area (Å²) in [6.07, 6.45) is 1.92. The zero-order chi connectivity index (χ0) is 24.3. The number of ketones is 1. The predicted octanol–water partition coefficient (Wildman–Crippen LogP) is 2.20. The van der Waals surface area contributed by atoms with Gasteiger partial charge in [-0.1, -0.05) is 24.3 Å². The number of halogens is 1. The number of carboxylic acid groups (broad SMARTS) is 1. The maximum atomic E-state index is 14.6. The Bertz CT molecular complexity index is 1170. The van der Waals surface area contributed by atoms with Crippen molar-refractivity contribution in [3.63, 3.8) is 0 Å². The molecule has 3 N–H and O–H groups in total. The van der Waals surface area contributed by atoms with Crippen molar-refractivity contribution in [1.29, 1.82) is 0 Å². The van der Waals surface area contributed by atoms with Gasteiger partial charge in [0.25, 0.3) is 5.91 Å². The molecule has 34 heavy (non-hydrogen) atoms. The van der Waals surface area contributed by atoms with Gasteiger partial charge in [0.05, 0.1) is 12.5 Å². The van der Waals surface area contributed by atoms with Crippen LogP contribution in [-0.4, -0.2) is 76.3 Å². The van der Waals surface area contributed by atoms with Crippen LogP contribution in [0, 0.1) is 19.7 Å². The summed E-state index contributed by atoms with van der Waals surface area (Å²) in [4.78, 5) is 49.5. The summed E-state index contributed by atoms with van der Waals surface area (Å²) in [5, 5.41) is 14.2. The summed E-state index contributed by atoms with van der Waals surface area (Å²) in [5.41, 5.74) is 3.14. The van der Waals surface area contributed by atoms with E-state index in [1.165, 1.54) is 25.4 Å². The van der Waals surface area contributed by atoms with Crippen LogP contribution in [0.25, 0.3) is 11.1 Å². The number of aryl methyl sites for hydroxylation is 1. The van der Waals surface area contributed by atoms with Crippen molar-refractivity contribution < 1.29 is 28.7 Å². The van der Waals surface area contributed by atoms with E-state index in [1.54, 1.807) is 6.92 Å². The molecule has 2 atom stereocenters. The van der Waals surface area contributed by atoms with Crippen molar-refractivity contribution in [3.05, 3.63) is 71.2 Å². The van der Waals surface area contributed by atoms with Crippen molar-refractivity contribution in [1.82, 2.24) is 15.5 Å². The first-order chi connectivity index (χ1) is 15.6. The molecule has 8 nitrogen and oxygen atoms in total. The van der Waals surface area contributed by atoms with Gasteiger partial charge in [0.1, 0.15) is 5.82 Å². The number of benzene rings is 2. The van der Waals surface area contributed by atoms with Crippen molar-refractivity contribution in [2.24, 2.45) is 0 Å². The topological polar surface area (TPSA) is 116 Å². The Balaban J connectivity index is 0.00000408. The van der Waals surface area contributed by atoms with Gasteiger partial charge in [0, 0.05) is 19.3 Å². The molecule has 0 saturated carbocycles. The van der Waals surface area contributed by atoms with E-state index in [0.29, 0.717) is 11.1 Å². The molecule has 10 heteroatoms. The van der Waals surface area contributed by atoms with E-state index in [0.717, 1.165) is 22.1 Å². The summed E-state index contributed by atoms with van der Waals surface area (Å²) in [6.45, 7) is 3.60. The van der Waals surface area contributed by atoms with E-state index in [1.807, 2.05) is 31.2 Å². The second-order valence-electron chi connectivity index (χ2n) is 7.85. The number of amides is 3. The number of carbonyl (C=O) groups is 4. The first-order valence-electron chi connectivity index (χ1n) is 10.2. The van der Waals surface area contributed by atoms with Crippen LogP contribution in [0.2, 0.25) is 0 Å². The maximum absolute atomic E-state index is 14.6. The number of carbonyl (C=O) groups excluding carboxylic acids is 3. The Labute approximate surface area is 218 Å². The molecule has 3 rings (SSSR count). The molecule has 0 spiro atoms. The summed E-state index contributed by atoms with van der Waals surface area (Å²) in [6, 6.07) is 6.46. The van der Waals surface area contributed by atoms with Gasteiger partial charge in [-0.2, -0.15) is 0 Å². The second kappa shape index (κ2) is 11.4. The van der Waals surface area contributed by atoms with Gasteiger partial charge >= 0.3 is 41.6 Å². The summed E-state index contributed by atoms with van der Waals surface area (Å²) >= 11 is 0. The van der Waals surface area contributed by atoms with Crippen LogP contribution in [0.5, 0.6) is 0 Å². The van der Waals surface area contributed by atoms with E-state index >= 15 is 0 Å². The molecule has 1 aliphatic heterocycles. The number of nitrogens with one attached hydrogen (secondary N) is 2. The van der Waals surface area contributed by atoms with Gasteiger partial charge in [-0.25, -0.2) is 9.18 Å². The van der Waals surface area contributed by atoms with Crippen molar-refractivity contribution in [2.45, 2.75) is 32.4 Å². The number of hydrogen-bond acceptors (Lipinski definition) is 4. The third kappa shape index (κ3) is 6.11. The summed E-state index contributed by atoms with van der Waals surface area (Å²) < 4.78 is 14.6. The zero-order valence-corrected chi connectivity index (χ0v) is 18.4. The van der Waals surface area contributed by atoms with Gasteiger partial charge < -0.3 is 20.6 Å². The summed E-state index contributed by atoms with van der Waals surface area (Å²) in [7, 11) is 1.44. The molecular formula is C24H25FN3NaO5. The average Bonchev–Trinajstić information content (AvgIpc) is 2.75. The molecule has 1 heterocycles. The molecule has 3 amide bonds. The number of nitrogens with zero attached hydrogens (tertiary/aromatic N) is 1. The van der Waals surface area contributed by atoms with Crippen molar-refractivity contribution in [3.8, 4) is 11.1 Å². The van der Waals surface area contributed by atoms with E-state index in [4.69, 9.17) is 0 Å². The Hall–Kier alpha value is -3.01. The second-order valence-corrected chi connectivity index (χ2v) is 7.85. The van der Waals surface area contributed by atoms with Crippen LogP contribution < -0.4 is 10.6 Å². The molecule has 0 saturated heterocycles. The Morgan fingerprint density at radius 1 is 1.15 bits per heavy atom. The van der Waals surface area contributed by atoms with Gasteiger partial charge in [-0.3, -0.25) is 14.4 Å². The van der Waals surface area contributed by atoms with Crippen LogP contribution in [0.4, 0.5) is 9.18 Å². The fourth-order valence-corrected chi connectivity index (χ4v) is 3.77. The van der Waals surface area contributed by atoms with E-state index in [2.05, 4.69) is 10.6 Å². The van der Waals surface area contributed by atoms with Crippen LogP contribution >= 0.6 is 0 Å². The first kappa shape index (κ1) is 27.2. The van der Waals surface area contributed by atoms with Crippen LogP contribution in [0.1, 0.15) is 29.2 Å². The fourth-order valence-electron chi connectivity index (χ4n) is 3.77. The predicted molar refractivity (Wildman–Crippen MR) is 126 cm³/mol. The van der Waals surface area contributed by atoms with Crippen molar-refractivity contribution in [2.75, 3.05) is 7.05 Å². The van der Waals surface area contributed by atoms with Gasteiger partial charge in [0.15, 0.2) is 11.8 Å². The van der Waals surface area contributed by atoms with Crippen LogP contribution in [-0.2, 0) is 14.4 Å². The molecule has 0 radical (unpaired) electrons. The average molecular weight is 477 g/mol. The SMILES string of the molecule is Cc1ccccc1-c1cc(F)cc(C(CC(=O)O)NC(=O)NC2C(=O)C=CN(C)C2=O)c1C.[NaH]. The molecule has 1 aliphatic rings. The van der Waals surface area contributed by atoms with Gasteiger partial charge in [-0.05, 0) is 53.8 Å². The standard InChI is InChI=1S/C24H24FN3O5.Na.H/c1-13-6-4-5-7-16(13)17-10-15(25)11-18(14(17)2)19(12-21(30)31)26-24(33)27-22-20(29)8-9-28(3)23(22)32;;/h4-11,19,22H,12H2,1-3H3,(H,30,31)(H2,26,27,33);;. The van der Waals surface area contributed by atoms with Gasteiger partial charge in [-0.15, -0.1) is 0 Å². The molecule has 0 bridgehead atoms. The van der Waals surface area contributed by atoms with E-state index < -0.39 is 48.0 Å². The zero-order valence-electron chi connectivity index (χ0n) is 18.4. The van der Waals surface area contributed by atoms with Crippen LogP contribution in [0.3, 0.4) is 0 Å². The van der Waals surface area contributed by atoms with E-state index in [9.17, 15) is 28.7 Å². The minimum atomic E-state index is -1.43. The number of likely N-dealkylation sites (N-methyl/N-ethyl adjacent to an activating group) is 1.